The summed E-state index contributed by atoms with van der Waals surface area (Å²) in [5.41, 5.74) is 0.287. The molecule has 2 rings (SSSR count). The first-order chi connectivity index (χ1) is 9.09. The average molecular weight is 263 g/mol. The smallest absolute Gasteiger partial charge is 0.119 e. The number of benzene rings is 1. The van der Waals surface area contributed by atoms with Crippen molar-refractivity contribution < 1.29 is 9.47 Å². The second kappa shape index (κ2) is 6.29. The molecule has 0 saturated heterocycles. The van der Waals surface area contributed by atoms with Crippen LogP contribution in [0.2, 0.25) is 0 Å². The molecule has 1 aliphatic rings. The summed E-state index contributed by atoms with van der Waals surface area (Å²) in [6.45, 7) is 6.41. The molecule has 0 atom stereocenters. The van der Waals surface area contributed by atoms with Crippen LogP contribution >= 0.6 is 0 Å². The minimum atomic E-state index is 0.287. The van der Waals surface area contributed by atoms with E-state index in [4.69, 9.17) is 9.47 Å². The Labute approximate surface area is 116 Å². The zero-order valence-corrected chi connectivity index (χ0v) is 12.2. The van der Waals surface area contributed by atoms with E-state index in [0.29, 0.717) is 0 Å². The summed E-state index contributed by atoms with van der Waals surface area (Å²) in [6, 6.07) is 8.54. The summed E-state index contributed by atoms with van der Waals surface area (Å²) < 4.78 is 10.9. The second-order valence-corrected chi connectivity index (χ2v) is 6.09. The van der Waals surface area contributed by atoms with Crippen LogP contribution in [0.5, 0.6) is 11.5 Å². The summed E-state index contributed by atoms with van der Waals surface area (Å²) in [5, 5.41) is 3.59. The monoisotopic (exact) mass is 263 g/mol. The SMILES string of the molecule is COc1ccc(OCCC(C)(C)CNC2CC2)cc1. The Bertz CT molecular complexity index is 382. The molecular weight excluding hydrogens is 238 g/mol. The van der Waals surface area contributed by atoms with Crippen molar-refractivity contribution in [3.63, 3.8) is 0 Å². The van der Waals surface area contributed by atoms with Crippen LogP contribution in [-0.4, -0.2) is 26.3 Å². The van der Waals surface area contributed by atoms with E-state index in [1.54, 1.807) is 7.11 Å². The molecule has 1 saturated carbocycles. The summed E-state index contributed by atoms with van der Waals surface area (Å²) >= 11 is 0. The zero-order valence-electron chi connectivity index (χ0n) is 12.2. The van der Waals surface area contributed by atoms with E-state index in [1.807, 2.05) is 24.3 Å². The fourth-order valence-electron chi connectivity index (χ4n) is 1.91. The van der Waals surface area contributed by atoms with E-state index in [9.17, 15) is 0 Å². The molecule has 0 bridgehead atoms. The van der Waals surface area contributed by atoms with Gasteiger partial charge in [-0.1, -0.05) is 13.8 Å². The van der Waals surface area contributed by atoms with Crippen molar-refractivity contribution in [1.82, 2.24) is 5.32 Å². The molecule has 3 nitrogen and oxygen atoms in total. The number of methoxy groups -OCH3 is 1. The molecular formula is C16H25NO2. The van der Waals surface area contributed by atoms with Crippen molar-refractivity contribution in [2.45, 2.75) is 39.2 Å². The third kappa shape index (κ3) is 5.11. The van der Waals surface area contributed by atoms with Gasteiger partial charge in [0.2, 0.25) is 0 Å². The molecule has 0 aliphatic heterocycles. The Kier molecular flexibility index (Phi) is 4.70. The zero-order chi connectivity index (χ0) is 13.7. The first-order valence-electron chi connectivity index (χ1n) is 7.09. The van der Waals surface area contributed by atoms with Crippen molar-refractivity contribution in [1.29, 1.82) is 0 Å². The predicted molar refractivity (Wildman–Crippen MR) is 77.9 cm³/mol. The van der Waals surface area contributed by atoms with Gasteiger partial charge in [-0.3, -0.25) is 0 Å². The van der Waals surface area contributed by atoms with Crippen LogP contribution in [0.15, 0.2) is 24.3 Å². The van der Waals surface area contributed by atoms with Crippen LogP contribution in [0.4, 0.5) is 0 Å². The molecule has 1 aromatic carbocycles. The van der Waals surface area contributed by atoms with E-state index >= 15 is 0 Å². The molecule has 19 heavy (non-hydrogen) atoms. The molecule has 1 aliphatic carbocycles. The fraction of sp³-hybridized carbons (Fsp3) is 0.625. The van der Waals surface area contributed by atoms with Crippen LogP contribution in [-0.2, 0) is 0 Å². The van der Waals surface area contributed by atoms with E-state index < -0.39 is 0 Å². The Hall–Kier alpha value is -1.22. The lowest BCUT2D eigenvalue weighted by atomic mass is 9.89. The minimum Gasteiger partial charge on any atom is -0.497 e. The number of hydrogen-bond donors (Lipinski definition) is 1. The summed E-state index contributed by atoms with van der Waals surface area (Å²) in [7, 11) is 1.67. The van der Waals surface area contributed by atoms with Gasteiger partial charge in [-0.25, -0.2) is 0 Å². The molecule has 1 N–H and O–H groups in total. The van der Waals surface area contributed by atoms with Crippen LogP contribution in [0.3, 0.4) is 0 Å². The number of rotatable bonds is 8. The van der Waals surface area contributed by atoms with Gasteiger partial charge in [0.25, 0.3) is 0 Å². The predicted octanol–water partition coefficient (Wildman–Crippen LogP) is 3.24. The topological polar surface area (TPSA) is 30.5 Å². The van der Waals surface area contributed by atoms with Gasteiger partial charge >= 0.3 is 0 Å². The molecule has 1 fully saturated rings. The molecule has 0 heterocycles. The molecule has 0 amide bonds. The van der Waals surface area contributed by atoms with Gasteiger partial charge in [-0.2, -0.15) is 0 Å². The third-order valence-electron chi connectivity index (χ3n) is 3.55. The van der Waals surface area contributed by atoms with Crippen molar-refractivity contribution >= 4 is 0 Å². The van der Waals surface area contributed by atoms with Crippen LogP contribution in [0.25, 0.3) is 0 Å². The van der Waals surface area contributed by atoms with Crippen molar-refractivity contribution in [3.05, 3.63) is 24.3 Å². The van der Waals surface area contributed by atoms with Gasteiger partial charge in [0.15, 0.2) is 0 Å². The Morgan fingerprint density at radius 1 is 1.16 bits per heavy atom. The van der Waals surface area contributed by atoms with Crippen LogP contribution < -0.4 is 14.8 Å². The molecule has 106 valence electrons. The van der Waals surface area contributed by atoms with E-state index in [-0.39, 0.29) is 5.41 Å². The van der Waals surface area contributed by atoms with Crippen molar-refractivity contribution in [2.75, 3.05) is 20.3 Å². The maximum atomic E-state index is 5.78. The molecule has 3 heteroatoms. The maximum Gasteiger partial charge on any atom is 0.119 e. The van der Waals surface area contributed by atoms with E-state index in [1.165, 1.54) is 12.8 Å². The molecule has 1 aromatic rings. The molecule has 0 aromatic heterocycles. The average Bonchev–Trinajstić information content (AvgIpc) is 3.21. The van der Waals surface area contributed by atoms with Gasteiger partial charge in [0.1, 0.15) is 11.5 Å². The summed E-state index contributed by atoms with van der Waals surface area (Å²) in [6.07, 6.45) is 3.75. The van der Waals surface area contributed by atoms with Gasteiger partial charge in [-0.05, 0) is 48.9 Å². The Balaban J connectivity index is 1.68. The third-order valence-corrected chi connectivity index (χ3v) is 3.55. The highest BCUT2D eigenvalue weighted by Crippen LogP contribution is 2.24. The first-order valence-corrected chi connectivity index (χ1v) is 7.09. The lowest BCUT2D eigenvalue weighted by molar-refractivity contribution is 0.222. The quantitative estimate of drug-likeness (QED) is 0.781. The van der Waals surface area contributed by atoms with Crippen molar-refractivity contribution in [2.24, 2.45) is 5.41 Å². The highest BCUT2D eigenvalue weighted by Gasteiger charge is 2.25. The standard InChI is InChI=1S/C16H25NO2/c1-16(2,12-17-13-4-5-13)10-11-19-15-8-6-14(18-3)7-9-15/h6-9,13,17H,4-5,10-12H2,1-3H3. The fourth-order valence-corrected chi connectivity index (χ4v) is 1.91. The lowest BCUT2D eigenvalue weighted by Gasteiger charge is -2.25. The summed E-state index contributed by atoms with van der Waals surface area (Å²) in [5.74, 6) is 1.77. The molecule has 0 radical (unpaired) electrons. The molecule has 0 unspecified atom stereocenters. The Morgan fingerprint density at radius 2 is 1.79 bits per heavy atom. The van der Waals surface area contributed by atoms with Gasteiger partial charge in [0.05, 0.1) is 13.7 Å². The second-order valence-electron chi connectivity index (χ2n) is 6.09. The van der Waals surface area contributed by atoms with Gasteiger partial charge in [-0.15, -0.1) is 0 Å². The number of nitrogens with one attached hydrogen (secondary N) is 1. The number of ether oxygens (including phenoxy) is 2. The maximum absolute atomic E-state index is 5.78. The first kappa shape index (κ1) is 14.2. The van der Waals surface area contributed by atoms with Gasteiger partial charge in [0, 0.05) is 12.6 Å². The largest absolute Gasteiger partial charge is 0.497 e. The van der Waals surface area contributed by atoms with Gasteiger partial charge < -0.3 is 14.8 Å². The lowest BCUT2D eigenvalue weighted by Crippen LogP contribution is -2.32. The Morgan fingerprint density at radius 3 is 2.37 bits per heavy atom. The van der Waals surface area contributed by atoms with Crippen LogP contribution in [0.1, 0.15) is 33.1 Å². The summed E-state index contributed by atoms with van der Waals surface area (Å²) in [4.78, 5) is 0. The van der Waals surface area contributed by atoms with Crippen LogP contribution in [0, 0.1) is 5.41 Å². The highest BCUT2D eigenvalue weighted by molar-refractivity contribution is 5.31. The normalized spacial score (nSPS) is 15.3. The van der Waals surface area contributed by atoms with Crippen molar-refractivity contribution in [3.8, 4) is 11.5 Å². The highest BCUT2D eigenvalue weighted by atomic mass is 16.5. The number of hydrogen-bond acceptors (Lipinski definition) is 3. The van der Waals surface area contributed by atoms with E-state index in [0.717, 1.165) is 37.1 Å². The molecule has 0 spiro atoms. The van der Waals surface area contributed by atoms with E-state index in [2.05, 4.69) is 19.2 Å². The minimum absolute atomic E-state index is 0.287.